The van der Waals surface area contributed by atoms with Gasteiger partial charge in [-0.05, 0) is 62.3 Å². The molecular weight excluding hydrogens is 344 g/mol. The Morgan fingerprint density at radius 1 is 1.04 bits per heavy atom. The Labute approximate surface area is 159 Å². The number of fused-ring (bicyclic) bond motifs is 1. The van der Waals surface area contributed by atoms with Crippen molar-refractivity contribution in [3.8, 4) is 0 Å². The van der Waals surface area contributed by atoms with Gasteiger partial charge in [0.25, 0.3) is 5.91 Å². The zero-order valence-electron chi connectivity index (χ0n) is 15.6. The molecule has 1 aliphatic heterocycles. The summed E-state index contributed by atoms with van der Waals surface area (Å²) < 4.78 is 4.97. The molecule has 27 heavy (non-hydrogen) atoms. The van der Waals surface area contributed by atoms with Gasteiger partial charge in [-0.15, -0.1) is 0 Å². The SMILES string of the molecule is COC(=O)[C@@H]1C[C@@H]2CCCC[C@@H]2N1C(=O)c1ccc(NC(=O)C2CC2)cc1. The van der Waals surface area contributed by atoms with E-state index in [4.69, 9.17) is 4.74 Å². The lowest BCUT2D eigenvalue weighted by Gasteiger charge is -2.33. The summed E-state index contributed by atoms with van der Waals surface area (Å²) in [4.78, 5) is 39.1. The van der Waals surface area contributed by atoms with Crippen molar-refractivity contribution in [2.45, 2.75) is 57.0 Å². The first-order chi connectivity index (χ1) is 13.1. The zero-order valence-corrected chi connectivity index (χ0v) is 15.6. The summed E-state index contributed by atoms with van der Waals surface area (Å²) in [5.41, 5.74) is 1.24. The van der Waals surface area contributed by atoms with E-state index in [-0.39, 0.29) is 29.7 Å². The Hall–Kier alpha value is -2.37. The first-order valence-corrected chi connectivity index (χ1v) is 9.90. The Kier molecular flexibility index (Phi) is 4.89. The van der Waals surface area contributed by atoms with E-state index >= 15 is 0 Å². The Morgan fingerprint density at radius 3 is 2.41 bits per heavy atom. The molecule has 3 aliphatic rings. The fourth-order valence-corrected chi connectivity index (χ4v) is 4.53. The predicted molar refractivity (Wildman–Crippen MR) is 100 cm³/mol. The molecule has 2 aliphatic carbocycles. The molecule has 2 saturated carbocycles. The fraction of sp³-hybridized carbons (Fsp3) is 0.571. The number of hydrogen-bond acceptors (Lipinski definition) is 4. The van der Waals surface area contributed by atoms with Crippen molar-refractivity contribution < 1.29 is 19.1 Å². The average Bonchev–Trinajstić information content (AvgIpc) is 3.47. The molecule has 6 nitrogen and oxygen atoms in total. The number of nitrogens with zero attached hydrogens (tertiary/aromatic N) is 1. The number of nitrogens with one attached hydrogen (secondary N) is 1. The third-order valence-electron chi connectivity index (χ3n) is 6.14. The first-order valence-electron chi connectivity index (χ1n) is 9.90. The average molecular weight is 370 g/mol. The van der Waals surface area contributed by atoms with E-state index in [2.05, 4.69) is 5.32 Å². The summed E-state index contributed by atoms with van der Waals surface area (Å²) in [7, 11) is 1.38. The standard InChI is InChI=1S/C21H26N2O4/c1-27-21(26)18-12-15-4-2-3-5-17(15)23(18)20(25)14-8-10-16(11-9-14)22-19(24)13-6-7-13/h8-11,13,15,17-18H,2-7,12H2,1H3,(H,22,24)/t15-,17-,18-/m0/s1. The number of carbonyl (C=O) groups is 3. The van der Waals surface area contributed by atoms with E-state index in [1.54, 1.807) is 29.2 Å². The number of methoxy groups -OCH3 is 1. The molecule has 1 N–H and O–H groups in total. The van der Waals surface area contributed by atoms with Gasteiger partial charge in [0.1, 0.15) is 6.04 Å². The first kappa shape index (κ1) is 18.0. The molecule has 2 amide bonds. The minimum atomic E-state index is -0.496. The molecule has 1 aromatic carbocycles. The molecule has 0 radical (unpaired) electrons. The van der Waals surface area contributed by atoms with E-state index in [0.29, 0.717) is 23.6 Å². The van der Waals surface area contributed by atoms with Crippen LogP contribution >= 0.6 is 0 Å². The van der Waals surface area contributed by atoms with Crippen molar-refractivity contribution in [3.63, 3.8) is 0 Å². The molecular formula is C21H26N2O4. The van der Waals surface area contributed by atoms with Gasteiger partial charge in [-0.1, -0.05) is 12.8 Å². The smallest absolute Gasteiger partial charge is 0.328 e. The number of amides is 2. The van der Waals surface area contributed by atoms with Crippen LogP contribution in [0.3, 0.4) is 0 Å². The van der Waals surface area contributed by atoms with E-state index in [1.165, 1.54) is 7.11 Å². The lowest BCUT2D eigenvalue weighted by atomic mass is 9.84. The fourth-order valence-electron chi connectivity index (χ4n) is 4.53. The third-order valence-corrected chi connectivity index (χ3v) is 6.14. The van der Waals surface area contributed by atoms with Gasteiger partial charge in [-0.2, -0.15) is 0 Å². The summed E-state index contributed by atoms with van der Waals surface area (Å²) in [5, 5.41) is 2.88. The van der Waals surface area contributed by atoms with Crippen LogP contribution < -0.4 is 5.32 Å². The van der Waals surface area contributed by atoms with Crippen molar-refractivity contribution in [2.75, 3.05) is 12.4 Å². The number of carbonyl (C=O) groups excluding carboxylic acids is 3. The molecule has 0 bridgehead atoms. The second-order valence-electron chi connectivity index (χ2n) is 7.94. The highest BCUT2D eigenvalue weighted by atomic mass is 16.5. The van der Waals surface area contributed by atoms with Crippen LogP contribution in [0.5, 0.6) is 0 Å². The summed E-state index contributed by atoms with van der Waals surface area (Å²) >= 11 is 0. The summed E-state index contributed by atoms with van der Waals surface area (Å²) in [6, 6.07) is 6.60. The molecule has 0 spiro atoms. The maximum Gasteiger partial charge on any atom is 0.328 e. The molecule has 6 heteroatoms. The minimum absolute atomic E-state index is 0.0458. The van der Waals surface area contributed by atoms with Gasteiger partial charge in [0.15, 0.2) is 0 Å². The van der Waals surface area contributed by atoms with Crippen LogP contribution in [-0.2, 0) is 14.3 Å². The largest absolute Gasteiger partial charge is 0.467 e. The normalized spacial score (nSPS) is 27.0. The highest BCUT2D eigenvalue weighted by molar-refractivity contribution is 5.99. The number of hydrogen-bond donors (Lipinski definition) is 1. The van der Waals surface area contributed by atoms with Crippen LogP contribution in [0.2, 0.25) is 0 Å². The minimum Gasteiger partial charge on any atom is -0.467 e. The van der Waals surface area contributed by atoms with Crippen LogP contribution in [0.15, 0.2) is 24.3 Å². The Balaban J connectivity index is 1.52. The molecule has 1 heterocycles. The molecule has 0 unspecified atom stereocenters. The third kappa shape index (κ3) is 3.57. The van der Waals surface area contributed by atoms with Gasteiger partial charge in [0.2, 0.25) is 5.91 Å². The zero-order chi connectivity index (χ0) is 19.0. The lowest BCUT2D eigenvalue weighted by Crippen LogP contribution is -2.46. The molecule has 3 atom stereocenters. The number of esters is 1. The van der Waals surface area contributed by atoms with E-state index < -0.39 is 6.04 Å². The van der Waals surface area contributed by atoms with Crippen molar-refractivity contribution in [2.24, 2.45) is 11.8 Å². The van der Waals surface area contributed by atoms with Gasteiger partial charge in [-0.25, -0.2) is 4.79 Å². The van der Waals surface area contributed by atoms with Gasteiger partial charge >= 0.3 is 5.97 Å². The molecule has 1 saturated heterocycles. The molecule has 4 rings (SSSR count). The second kappa shape index (κ2) is 7.33. The summed E-state index contributed by atoms with van der Waals surface area (Å²) in [5.74, 6) is 0.110. The number of likely N-dealkylation sites (tertiary alicyclic amines) is 1. The van der Waals surface area contributed by atoms with Crippen molar-refractivity contribution in [1.82, 2.24) is 4.90 Å². The quantitative estimate of drug-likeness (QED) is 0.827. The van der Waals surface area contributed by atoms with Gasteiger partial charge in [0.05, 0.1) is 7.11 Å². The lowest BCUT2D eigenvalue weighted by molar-refractivity contribution is -0.145. The topological polar surface area (TPSA) is 75.7 Å². The monoisotopic (exact) mass is 370 g/mol. The van der Waals surface area contributed by atoms with Crippen molar-refractivity contribution >= 4 is 23.5 Å². The van der Waals surface area contributed by atoms with E-state index in [0.717, 1.165) is 38.5 Å². The number of benzene rings is 1. The number of ether oxygens (including phenoxy) is 1. The predicted octanol–water partition coefficient (Wildman–Crippen LogP) is 2.98. The number of anilines is 1. The Morgan fingerprint density at radius 2 is 1.74 bits per heavy atom. The van der Waals surface area contributed by atoms with Crippen LogP contribution in [0, 0.1) is 11.8 Å². The maximum absolute atomic E-state index is 13.2. The van der Waals surface area contributed by atoms with Crippen LogP contribution in [0.1, 0.15) is 55.3 Å². The van der Waals surface area contributed by atoms with Crippen LogP contribution in [0.25, 0.3) is 0 Å². The van der Waals surface area contributed by atoms with Gasteiger partial charge < -0.3 is 15.0 Å². The van der Waals surface area contributed by atoms with Gasteiger partial charge in [0, 0.05) is 23.2 Å². The highest BCUT2D eigenvalue weighted by Gasteiger charge is 2.48. The van der Waals surface area contributed by atoms with Crippen molar-refractivity contribution in [3.05, 3.63) is 29.8 Å². The summed E-state index contributed by atoms with van der Waals surface area (Å²) in [6.07, 6.45) is 6.85. The molecule has 0 aromatic heterocycles. The summed E-state index contributed by atoms with van der Waals surface area (Å²) in [6.45, 7) is 0. The van der Waals surface area contributed by atoms with Crippen LogP contribution in [-0.4, -0.2) is 41.9 Å². The van der Waals surface area contributed by atoms with E-state index in [9.17, 15) is 14.4 Å². The van der Waals surface area contributed by atoms with Crippen LogP contribution in [0.4, 0.5) is 5.69 Å². The van der Waals surface area contributed by atoms with E-state index in [1.807, 2.05) is 0 Å². The second-order valence-corrected chi connectivity index (χ2v) is 7.94. The highest BCUT2D eigenvalue weighted by Crippen LogP contribution is 2.41. The molecule has 3 fully saturated rings. The number of rotatable bonds is 4. The van der Waals surface area contributed by atoms with Gasteiger partial charge in [-0.3, -0.25) is 9.59 Å². The maximum atomic E-state index is 13.2. The van der Waals surface area contributed by atoms with Crippen molar-refractivity contribution in [1.29, 1.82) is 0 Å². The molecule has 144 valence electrons. The molecule has 1 aromatic rings. The Bertz CT molecular complexity index is 741.